The second-order valence-corrected chi connectivity index (χ2v) is 7.41. The molecule has 0 radical (unpaired) electrons. The summed E-state index contributed by atoms with van der Waals surface area (Å²) in [7, 11) is 0.315. The summed E-state index contributed by atoms with van der Waals surface area (Å²) in [6.45, 7) is 5.61. The highest BCUT2D eigenvalue weighted by Crippen LogP contribution is 2.18. The molecule has 20 heavy (non-hydrogen) atoms. The average Bonchev–Trinajstić information content (AvgIpc) is 2.33. The third-order valence-corrected chi connectivity index (χ3v) is 4.62. The molecular weight excluding hydrogens is 276 g/mol. The van der Waals surface area contributed by atoms with E-state index in [1.807, 2.05) is 32.8 Å². The molecule has 0 aromatic carbocycles. The lowest BCUT2D eigenvalue weighted by molar-refractivity contribution is 0.312. The van der Waals surface area contributed by atoms with E-state index in [-0.39, 0.29) is 16.6 Å². The first kappa shape index (κ1) is 16.9. The second kappa shape index (κ2) is 7.01. The summed E-state index contributed by atoms with van der Waals surface area (Å²) >= 11 is 0. The van der Waals surface area contributed by atoms with Gasteiger partial charge in [0, 0.05) is 31.9 Å². The number of nitrogens with zero attached hydrogens (tertiary/aromatic N) is 3. The number of nitrogen functional groups attached to an aromatic ring is 1. The Morgan fingerprint density at radius 3 is 2.45 bits per heavy atom. The number of pyridine rings is 1. The molecule has 0 amide bonds. The lowest BCUT2D eigenvalue weighted by atomic mass is 10.2. The Labute approximate surface area is 121 Å². The molecule has 7 heteroatoms. The van der Waals surface area contributed by atoms with Gasteiger partial charge in [0.2, 0.25) is 10.0 Å². The molecule has 0 spiro atoms. The molecule has 2 N–H and O–H groups in total. The maximum atomic E-state index is 12.7. The predicted molar refractivity (Wildman–Crippen MR) is 80.8 cm³/mol. The molecule has 0 aliphatic carbocycles. The number of hydrogen-bond acceptors (Lipinski definition) is 5. The van der Waals surface area contributed by atoms with Gasteiger partial charge in [-0.2, -0.15) is 4.31 Å². The Kier molecular flexibility index (Phi) is 5.91. The molecule has 1 heterocycles. The Bertz CT molecular complexity index is 529. The van der Waals surface area contributed by atoms with Crippen LogP contribution in [-0.4, -0.2) is 56.3 Å². The molecule has 0 saturated carbocycles. The first-order valence-corrected chi connectivity index (χ1v) is 8.04. The lowest BCUT2D eigenvalue weighted by Crippen LogP contribution is -2.39. The Balaban J connectivity index is 3.03. The zero-order valence-electron chi connectivity index (χ0n) is 12.6. The fourth-order valence-corrected chi connectivity index (χ4v) is 3.38. The third-order valence-electron chi connectivity index (χ3n) is 2.76. The summed E-state index contributed by atoms with van der Waals surface area (Å²) < 4.78 is 26.8. The van der Waals surface area contributed by atoms with Gasteiger partial charge < -0.3 is 10.6 Å². The number of hydrogen-bond donors (Lipinski definition) is 1. The summed E-state index contributed by atoms with van der Waals surface area (Å²) in [5.74, 6) is 0.467. The highest BCUT2D eigenvalue weighted by atomic mass is 32.2. The van der Waals surface area contributed by atoms with Crippen LogP contribution in [-0.2, 0) is 10.0 Å². The van der Waals surface area contributed by atoms with E-state index in [1.165, 1.54) is 22.6 Å². The van der Waals surface area contributed by atoms with Gasteiger partial charge >= 0.3 is 0 Å². The molecule has 6 nitrogen and oxygen atoms in total. The minimum atomic E-state index is -3.53. The van der Waals surface area contributed by atoms with Crippen LogP contribution < -0.4 is 5.73 Å². The van der Waals surface area contributed by atoms with Crippen molar-refractivity contribution in [2.75, 3.05) is 39.5 Å². The largest absolute Gasteiger partial charge is 0.384 e. The van der Waals surface area contributed by atoms with E-state index >= 15 is 0 Å². The number of nitrogens with two attached hydrogens (primary N) is 1. The molecule has 114 valence electrons. The molecule has 0 bridgehead atoms. The van der Waals surface area contributed by atoms with Gasteiger partial charge in [0.15, 0.2) is 0 Å². The summed E-state index contributed by atoms with van der Waals surface area (Å²) in [5, 5.41) is 0. The molecule has 1 rings (SSSR count). The number of likely N-dealkylation sites (N-methyl/N-ethyl adjacent to an activating group) is 1. The van der Waals surface area contributed by atoms with Crippen molar-refractivity contribution in [2.45, 2.75) is 18.7 Å². The molecule has 0 aliphatic rings. The van der Waals surface area contributed by atoms with E-state index in [2.05, 4.69) is 4.98 Å². The van der Waals surface area contributed by atoms with Gasteiger partial charge in [0.25, 0.3) is 0 Å². The van der Waals surface area contributed by atoms with Crippen molar-refractivity contribution in [1.29, 1.82) is 0 Å². The molecule has 0 saturated heterocycles. The van der Waals surface area contributed by atoms with Crippen LogP contribution in [0.15, 0.2) is 23.2 Å². The number of rotatable bonds is 7. The van der Waals surface area contributed by atoms with Gasteiger partial charge in [0.1, 0.15) is 5.82 Å². The van der Waals surface area contributed by atoms with Crippen molar-refractivity contribution < 1.29 is 8.42 Å². The van der Waals surface area contributed by atoms with E-state index in [9.17, 15) is 8.42 Å². The molecule has 1 aromatic heterocycles. The summed E-state index contributed by atoms with van der Waals surface area (Å²) in [6, 6.07) is 2.88. The minimum absolute atomic E-state index is 0.199. The van der Waals surface area contributed by atoms with Crippen LogP contribution in [0.4, 0.5) is 5.82 Å². The summed E-state index contributed by atoms with van der Waals surface area (Å²) in [6.07, 6.45) is 1.42. The van der Waals surface area contributed by atoms with Crippen LogP contribution in [0, 0.1) is 5.92 Å². The van der Waals surface area contributed by atoms with Gasteiger partial charge in [0.05, 0.1) is 4.90 Å². The summed E-state index contributed by atoms with van der Waals surface area (Å²) in [5.41, 5.74) is 5.58. The zero-order valence-corrected chi connectivity index (χ0v) is 13.4. The van der Waals surface area contributed by atoms with Crippen molar-refractivity contribution >= 4 is 15.8 Å². The van der Waals surface area contributed by atoms with Gasteiger partial charge in [-0.1, -0.05) is 13.8 Å². The molecule has 0 unspecified atom stereocenters. The minimum Gasteiger partial charge on any atom is -0.384 e. The maximum Gasteiger partial charge on any atom is 0.243 e. The number of aromatic nitrogens is 1. The third kappa shape index (κ3) is 4.73. The molecule has 1 aromatic rings. The molecule has 0 fully saturated rings. The summed E-state index contributed by atoms with van der Waals surface area (Å²) in [4.78, 5) is 5.99. The van der Waals surface area contributed by atoms with E-state index < -0.39 is 10.0 Å². The van der Waals surface area contributed by atoms with Gasteiger partial charge in [-0.25, -0.2) is 13.4 Å². The zero-order chi connectivity index (χ0) is 15.3. The standard InChI is InChI=1S/C13H24N4O2S/c1-11(2)10-17(8-7-16(3)4)20(18,19)12-5-6-15-13(14)9-12/h5-6,9,11H,7-8,10H2,1-4H3,(H2,14,15). The fourth-order valence-electron chi connectivity index (χ4n) is 1.77. The van der Waals surface area contributed by atoms with Gasteiger partial charge in [-0.05, 0) is 26.1 Å². The van der Waals surface area contributed by atoms with E-state index in [1.54, 1.807) is 0 Å². The quantitative estimate of drug-likeness (QED) is 0.808. The molecule has 0 atom stereocenters. The Morgan fingerprint density at radius 2 is 1.95 bits per heavy atom. The number of sulfonamides is 1. The van der Waals surface area contributed by atoms with Crippen LogP contribution in [0.1, 0.15) is 13.8 Å². The first-order valence-electron chi connectivity index (χ1n) is 6.60. The SMILES string of the molecule is CC(C)CN(CCN(C)C)S(=O)(=O)c1ccnc(N)c1. The normalized spacial score (nSPS) is 12.6. The first-order chi connectivity index (χ1) is 9.23. The van der Waals surface area contributed by atoms with Crippen LogP contribution >= 0.6 is 0 Å². The fraction of sp³-hybridized carbons (Fsp3) is 0.615. The maximum absolute atomic E-state index is 12.7. The van der Waals surface area contributed by atoms with Crippen molar-refractivity contribution in [1.82, 2.24) is 14.2 Å². The highest BCUT2D eigenvalue weighted by Gasteiger charge is 2.25. The Hall–Kier alpha value is -1.18. The second-order valence-electron chi connectivity index (χ2n) is 5.48. The van der Waals surface area contributed by atoms with Crippen LogP contribution in [0.25, 0.3) is 0 Å². The van der Waals surface area contributed by atoms with E-state index in [0.717, 1.165) is 0 Å². The predicted octanol–water partition coefficient (Wildman–Crippen LogP) is 0.872. The van der Waals surface area contributed by atoms with Crippen LogP contribution in [0.3, 0.4) is 0 Å². The van der Waals surface area contributed by atoms with Crippen molar-refractivity contribution in [3.05, 3.63) is 18.3 Å². The Morgan fingerprint density at radius 1 is 1.30 bits per heavy atom. The lowest BCUT2D eigenvalue weighted by Gasteiger charge is -2.25. The highest BCUT2D eigenvalue weighted by molar-refractivity contribution is 7.89. The van der Waals surface area contributed by atoms with Gasteiger partial charge in [-0.15, -0.1) is 0 Å². The van der Waals surface area contributed by atoms with Gasteiger partial charge in [-0.3, -0.25) is 0 Å². The van der Waals surface area contributed by atoms with Crippen LogP contribution in [0.2, 0.25) is 0 Å². The van der Waals surface area contributed by atoms with Crippen molar-refractivity contribution in [2.24, 2.45) is 5.92 Å². The van der Waals surface area contributed by atoms with E-state index in [4.69, 9.17) is 5.73 Å². The molecule has 0 aliphatic heterocycles. The average molecular weight is 300 g/mol. The van der Waals surface area contributed by atoms with Crippen molar-refractivity contribution in [3.8, 4) is 0 Å². The number of anilines is 1. The smallest absolute Gasteiger partial charge is 0.243 e. The topological polar surface area (TPSA) is 79.5 Å². The van der Waals surface area contributed by atoms with E-state index in [0.29, 0.717) is 19.6 Å². The monoisotopic (exact) mass is 300 g/mol. The van der Waals surface area contributed by atoms with Crippen LogP contribution in [0.5, 0.6) is 0 Å². The molecular formula is C13H24N4O2S. The van der Waals surface area contributed by atoms with Crippen molar-refractivity contribution in [3.63, 3.8) is 0 Å².